The first-order valence-corrected chi connectivity index (χ1v) is 8.14. The molecule has 0 unspecified atom stereocenters. The fraction of sp³-hybridized carbons (Fsp3) is 0.571. The molecule has 1 heterocycles. The quantitative estimate of drug-likeness (QED) is 0.852. The van der Waals surface area contributed by atoms with Crippen molar-refractivity contribution in [1.82, 2.24) is 5.32 Å². The van der Waals surface area contributed by atoms with Crippen LogP contribution in [0.15, 0.2) is 27.1 Å². The molecule has 1 aliphatic rings. The van der Waals surface area contributed by atoms with Crippen LogP contribution in [0.1, 0.15) is 26.7 Å². The normalized spacial score (nSPS) is 19.0. The van der Waals surface area contributed by atoms with E-state index in [-0.39, 0.29) is 5.54 Å². The molecule has 0 atom stereocenters. The molecule has 18 heavy (non-hydrogen) atoms. The minimum atomic E-state index is 0.257. The van der Waals surface area contributed by atoms with Gasteiger partial charge in [-0.3, -0.25) is 0 Å². The Morgan fingerprint density at radius 1 is 1.22 bits per heavy atom. The highest BCUT2D eigenvalue weighted by atomic mass is 79.9. The van der Waals surface area contributed by atoms with Gasteiger partial charge in [-0.25, -0.2) is 0 Å². The van der Waals surface area contributed by atoms with Crippen LogP contribution >= 0.6 is 31.9 Å². The van der Waals surface area contributed by atoms with E-state index in [1.165, 1.54) is 27.5 Å². The summed E-state index contributed by atoms with van der Waals surface area (Å²) in [5.74, 6) is 0. The third-order valence-corrected chi connectivity index (χ3v) is 5.26. The van der Waals surface area contributed by atoms with Gasteiger partial charge in [0.2, 0.25) is 0 Å². The van der Waals surface area contributed by atoms with Gasteiger partial charge in [-0.1, -0.05) is 19.9 Å². The summed E-state index contributed by atoms with van der Waals surface area (Å²) in [6.45, 7) is 7.73. The van der Waals surface area contributed by atoms with Crippen molar-refractivity contribution >= 4 is 37.5 Å². The Morgan fingerprint density at radius 2 is 1.83 bits per heavy atom. The zero-order valence-electron chi connectivity index (χ0n) is 11.0. The number of anilines is 1. The molecule has 1 N–H and O–H groups in total. The van der Waals surface area contributed by atoms with Crippen LogP contribution in [0, 0.1) is 0 Å². The number of para-hydroxylation sites is 1. The Labute approximate surface area is 126 Å². The number of halogens is 2. The maximum atomic E-state index is 3.70. The molecule has 1 saturated heterocycles. The molecule has 4 heteroatoms. The Bertz CT molecular complexity index is 396. The smallest absolute Gasteiger partial charge is 0.0656 e. The lowest BCUT2D eigenvalue weighted by Gasteiger charge is -2.44. The third kappa shape index (κ3) is 2.75. The zero-order chi connectivity index (χ0) is 13.2. The van der Waals surface area contributed by atoms with Gasteiger partial charge in [-0.05, 0) is 56.8 Å². The van der Waals surface area contributed by atoms with Gasteiger partial charge in [0, 0.05) is 34.1 Å². The van der Waals surface area contributed by atoms with Gasteiger partial charge in [0.05, 0.1) is 5.69 Å². The third-order valence-electron chi connectivity index (χ3n) is 3.98. The van der Waals surface area contributed by atoms with Crippen LogP contribution in [0.25, 0.3) is 0 Å². The van der Waals surface area contributed by atoms with Crippen LogP contribution < -0.4 is 10.2 Å². The van der Waals surface area contributed by atoms with E-state index in [1.54, 1.807) is 0 Å². The van der Waals surface area contributed by atoms with E-state index in [1.807, 2.05) is 0 Å². The molecule has 1 aromatic carbocycles. The molecule has 0 amide bonds. The molecular formula is C14H20Br2N2. The molecule has 0 bridgehead atoms. The van der Waals surface area contributed by atoms with E-state index in [9.17, 15) is 0 Å². The Balaban J connectivity index is 2.28. The number of hydrogen-bond acceptors (Lipinski definition) is 2. The zero-order valence-corrected chi connectivity index (χ0v) is 14.1. The summed E-state index contributed by atoms with van der Waals surface area (Å²) < 4.78 is 2.33. The highest BCUT2D eigenvalue weighted by Gasteiger charge is 2.32. The fourth-order valence-corrected chi connectivity index (χ4v) is 4.16. The van der Waals surface area contributed by atoms with E-state index >= 15 is 0 Å². The number of nitrogens with one attached hydrogen (secondary N) is 1. The maximum Gasteiger partial charge on any atom is 0.0656 e. The van der Waals surface area contributed by atoms with Crippen molar-refractivity contribution in [2.24, 2.45) is 0 Å². The maximum absolute atomic E-state index is 3.70. The number of piperazine rings is 1. The molecule has 0 spiro atoms. The molecule has 0 aromatic heterocycles. The Hall–Kier alpha value is -0.0600. The van der Waals surface area contributed by atoms with Gasteiger partial charge in [0.15, 0.2) is 0 Å². The summed E-state index contributed by atoms with van der Waals surface area (Å²) in [6.07, 6.45) is 2.34. The van der Waals surface area contributed by atoms with Gasteiger partial charge in [-0.15, -0.1) is 0 Å². The van der Waals surface area contributed by atoms with E-state index in [0.29, 0.717) is 0 Å². The Morgan fingerprint density at radius 3 is 2.39 bits per heavy atom. The molecule has 0 radical (unpaired) electrons. The number of rotatable bonds is 3. The molecule has 1 fully saturated rings. The van der Waals surface area contributed by atoms with Crippen LogP contribution in [0.5, 0.6) is 0 Å². The van der Waals surface area contributed by atoms with Crippen LogP contribution in [0.2, 0.25) is 0 Å². The van der Waals surface area contributed by atoms with Crippen molar-refractivity contribution in [1.29, 1.82) is 0 Å². The van der Waals surface area contributed by atoms with Gasteiger partial charge in [-0.2, -0.15) is 0 Å². The van der Waals surface area contributed by atoms with E-state index in [4.69, 9.17) is 0 Å². The van der Waals surface area contributed by atoms with E-state index in [2.05, 4.69) is 74.1 Å². The van der Waals surface area contributed by atoms with Crippen LogP contribution in [0.4, 0.5) is 5.69 Å². The summed E-state index contributed by atoms with van der Waals surface area (Å²) in [6, 6.07) is 6.29. The van der Waals surface area contributed by atoms with Gasteiger partial charge < -0.3 is 10.2 Å². The minimum absolute atomic E-state index is 0.257. The van der Waals surface area contributed by atoms with Crippen molar-refractivity contribution in [3.8, 4) is 0 Å². The monoisotopic (exact) mass is 374 g/mol. The second kappa shape index (κ2) is 5.93. The highest BCUT2D eigenvalue weighted by molar-refractivity contribution is 9.11. The molecule has 1 aliphatic heterocycles. The summed E-state index contributed by atoms with van der Waals surface area (Å²) in [7, 11) is 0. The molecule has 2 rings (SSSR count). The fourth-order valence-electron chi connectivity index (χ4n) is 2.66. The minimum Gasteiger partial charge on any atom is -0.367 e. The van der Waals surface area contributed by atoms with Crippen LogP contribution in [-0.4, -0.2) is 25.2 Å². The second-order valence-electron chi connectivity index (χ2n) is 4.91. The predicted molar refractivity (Wildman–Crippen MR) is 85.4 cm³/mol. The molecule has 0 saturated carbocycles. The number of benzene rings is 1. The number of nitrogens with zero attached hydrogens (tertiary/aromatic N) is 1. The summed E-state index contributed by atoms with van der Waals surface area (Å²) in [5, 5.41) is 3.70. The highest BCUT2D eigenvalue weighted by Crippen LogP contribution is 2.36. The molecule has 1 aromatic rings. The average molecular weight is 376 g/mol. The molecule has 2 nitrogen and oxygen atoms in total. The standard InChI is InChI=1S/C14H20Br2N2/c1-3-14(4-2)10-18(9-8-17-14)13-11(15)6-5-7-12(13)16/h5-7,17H,3-4,8-10H2,1-2H3. The van der Waals surface area contributed by atoms with Crippen LogP contribution in [0.3, 0.4) is 0 Å². The lowest BCUT2D eigenvalue weighted by atomic mass is 9.90. The van der Waals surface area contributed by atoms with Gasteiger partial charge >= 0.3 is 0 Å². The lowest BCUT2D eigenvalue weighted by Crippen LogP contribution is -2.60. The topological polar surface area (TPSA) is 15.3 Å². The van der Waals surface area contributed by atoms with Crippen molar-refractivity contribution in [2.75, 3.05) is 24.5 Å². The molecular weight excluding hydrogens is 356 g/mol. The Kier molecular flexibility index (Phi) is 4.73. The van der Waals surface area contributed by atoms with Crippen molar-refractivity contribution in [3.05, 3.63) is 27.1 Å². The van der Waals surface area contributed by atoms with Crippen molar-refractivity contribution in [3.63, 3.8) is 0 Å². The van der Waals surface area contributed by atoms with Crippen LogP contribution in [-0.2, 0) is 0 Å². The summed E-state index contributed by atoms with van der Waals surface area (Å²) in [4.78, 5) is 2.48. The first kappa shape index (κ1) is 14.4. The predicted octanol–water partition coefficient (Wildman–Crippen LogP) is 4.18. The van der Waals surface area contributed by atoms with Gasteiger partial charge in [0.1, 0.15) is 0 Å². The van der Waals surface area contributed by atoms with E-state index in [0.717, 1.165) is 19.6 Å². The first-order valence-electron chi connectivity index (χ1n) is 6.56. The van der Waals surface area contributed by atoms with Crippen molar-refractivity contribution < 1.29 is 0 Å². The molecule has 0 aliphatic carbocycles. The summed E-state index contributed by atoms with van der Waals surface area (Å²) in [5.41, 5.74) is 1.54. The summed E-state index contributed by atoms with van der Waals surface area (Å²) >= 11 is 7.34. The first-order chi connectivity index (χ1) is 8.62. The largest absolute Gasteiger partial charge is 0.367 e. The second-order valence-corrected chi connectivity index (χ2v) is 6.61. The molecule has 100 valence electrons. The van der Waals surface area contributed by atoms with Gasteiger partial charge in [0.25, 0.3) is 0 Å². The average Bonchev–Trinajstić information content (AvgIpc) is 2.39. The SMILES string of the molecule is CCC1(CC)CN(c2c(Br)cccc2Br)CCN1. The van der Waals surface area contributed by atoms with E-state index < -0.39 is 0 Å². The number of hydrogen-bond donors (Lipinski definition) is 1. The van der Waals surface area contributed by atoms with Crippen molar-refractivity contribution in [2.45, 2.75) is 32.2 Å². The lowest BCUT2D eigenvalue weighted by molar-refractivity contribution is 0.277.